The number of methoxy groups -OCH3 is 2. The van der Waals surface area contributed by atoms with Gasteiger partial charge >= 0.3 is 0 Å². The van der Waals surface area contributed by atoms with E-state index in [9.17, 15) is 9.90 Å². The minimum atomic E-state index is -1.54. The van der Waals surface area contributed by atoms with Gasteiger partial charge in [0.25, 0.3) is 0 Å². The molecule has 0 aromatic heterocycles. The molecule has 2 atom stereocenters. The van der Waals surface area contributed by atoms with Crippen LogP contribution in [0, 0.1) is 0 Å². The Balaban J connectivity index is 2.95. The van der Waals surface area contributed by atoms with Crippen molar-refractivity contribution in [3.63, 3.8) is 0 Å². The zero-order chi connectivity index (χ0) is 9.90. The van der Waals surface area contributed by atoms with Crippen molar-refractivity contribution in [3.05, 3.63) is 23.8 Å². The fraction of sp³-hybridized carbons (Fsp3) is 0.444. The van der Waals surface area contributed by atoms with E-state index in [-0.39, 0.29) is 0 Å². The monoisotopic (exact) mass is 184 g/mol. The largest absolute Gasteiger partial charge is 0.371 e. The molecule has 4 nitrogen and oxygen atoms in total. The zero-order valence-corrected chi connectivity index (χ0v) is 7.56. The molecule has 72 valence electrons. The molecule has 13 heavy (non-hydrogen) atoms. The van der Waals surface area contributed by atoms with Crippen LogP contribution < -0.4 is 0 Å². The van der Waals surface area contributed by atoms with E-state index in [4.69, 9.17) is 9.47 Å². The number of aldehydes is 1. The lowest BCUT2D eigenvalue weighted by Crippen LogP contribution is -2.44. The molecular weight excluding hydrogens is 172 g/mol. The molecule has 0 heterocycles. The Labute approximate surface area is 76.5 Å². The number of ether oxygens (including phenoxy) is 2. The summed E-state index contributed by atoms with van der Waals surface area (Å²) in [5, 5.41) is 9.81. The summed E-state index contributed by atoms with van der Waals surface area (Å²) in [6.07, 6.45) is 4.55. The first-order valence-electron chi connectivity index (χ1n) is 3.83. The minimum Gasteiger partial charge on any atom is -0.371 e. The summed E-state index contributed by atoms with van der Waals surface area (Å²) >= 11 is 0. The molecule has 0 aromatic rings. The van der Waals surface area contributed by atoms with Crippen LogP contribution in [-0.2, 0) is 14.3 Å². The van der Waals surface area contributed by atoms with Crippen molar-refractivity contribution in [2.24, 2.45) is 0 Å². The zero-order valence-electron chi connectivity index (χ0n) is 7.56. The van der Waals surface area contributed by atoms with Gasteiger partial charge in [-0.1, -0.05) is 6.08 Å². The van der Waals surface area contributed by atoms with Gasteiger partial charge in [-0.05, 0) is 12.2 Å². The average Bonchev–Trinajstić information content (AvgIpc) is 2.17. The van der Waals surface area contributed by atoms with E-state index >= 15 is 0 Å². The van der Waals surface area contributed by atoms with Crippen LogP contribution in [-0.4, -0.2) is 37.5 Å². The molecule has 0 saturated carbocycles. The van der Waals surface area contributed by atoms with Crippen molar-refractivity contribution in [1.82, 2.24) is 0 Å². The highest BCUT2D eigenvalue weighted by atomic mass is 16.6. The van der Waals surface area contributed by atoms with Crippen molar-refractivity contribution in [2.75, 3.05) is 14.2 Å². The van der Waals surface area contributed by atoms with Crippen LogP contribution in [0.3, 0.4) is 0 Å². The quantitative estimate of drug-likeness (QED) is 0.496. The summed E-state index contributed by atoms with van der Waals surface area (Å²) in [6.45, 7) is 0. The first-order valence-corrected chi connectivity index (χ1v) is 3.83. The summed E-state index contributed by atoms with van der Waals surface area (Å²) < 4.78 is 9.83. The second-order valence-electron chi connectivity index (χ2n) is 2.73. The molecule has 2 unspecified atom stereocenters. The van der Waals surface area contributed by atoms with Crippen molar-refractivity contribution in [3.8, 4) is 0 Å². The summed E-state index contributed by atoms with van der Waals surface area (Å²) in [5.41, 5.74) is 0.373. The normalized spacial score (nSPS) is 32.8. The van der Waals surface area contributed by atoms with Crippen LogP contribution >= 0.6 is 0 Å². The molecule has 0 aliphatic heterocycles. The van der Waals surface area contributed by atoms with Crippen LogP contribution in [0.25, 0.3) is 0 Å². The maximum Gasteiger partial charge on any atom is 0.216 e. The van der Waals surface area contributed by atoms with Crippen LogP contribution in [0.2, 0.25) is 0 Å². The van der Waals surface area contributed by atoms with E-state index in [1.165, 1.54) is 20.3 Å². The third-order valence-electron chi connectivity index (χ3n) is 1.96. The third kappa shape index (κ3) is 1.85. The Hall–Kier alpha value is -0.970. The maximum absolute atomic E-state index is 10.4. The Morgan fingerprint density at radius 3 is 2.77 bits per heavy atom. The van der Waals surface area contributed by atoms with Crippen molar-refractivity contribution in [2.45, 2.75) is 11.9 Å². The Kier molecular flexibility index (Phi) is 2.98. The molecule has 1 N–H and O–H groups in total. The van der Waals surface area contributed by atoms with Gasteiger partial charge in [0.2, 0.25) is 5.79 Å². The van der Waals surface area contributed by atoms with E-state index in [1.54, 1.807) is 12.2 Å². The molecule has 0 radical (unpaired) electrons. The standard InChI is InChI=1S/C9H12O4/c1-12-8-4-3-7(6-10)5-9(8,11)13-2/h3-6,8,11H,1-2H3. The lowest BCUT2D eigenvalue weighted by atomic mass is 9.99. The molecule has 1 aliphatic carbocycles. The van der Waals surface area contributed by atoms with Crippen molar-refractivity contribution < 1.29 is 19.4 Å². The number of hydrogen-bond acceptors (Lipinski definition) is 4. The van der Waals surface area contributed by atoms with Crippen LogP contribution in [0.5, 0.6) is 0 Å². The van der Waals surface area contributed by atoms with Crippen molar-refractivity contribution in [1.29, 1.82) is 0 Å². The van der Waals surface area contributed by atoms with Gasteiger partial charge in [-0.25, -0.2) is 0 Å². The molecule has 0 fully saturated rings. The molecule has 0 aromatic carbocycles. The highest BCUT2D eigenvalue weighted by Crippen LogP contribution is 2.23. The highest BCUT2D eigenvalue weighted by molar-refractivity contribution is 5.78. The molecule has 0 saturated heterocycles. The molecule has 1 aliphatic rings. The SMILES string of the molecule is COC1C=CC(C=O)=CC1(O)OC. The lowest BCUT2D eigenvalue weighted by molar-refractivity contribution is -0.203. The Bertz CT molecular complexity index is 256. The predicted octanol–water partition coefficient (Wildman–Crippen LogP) is 0.0315. The van der Waals surface area contributed by atoms with E-state index in [1.807, 2.05) is 0 Å². The van der Waals surface area contributed by atoms with Crippen molar-refractivity contribution >= 4 is 6.29 Å². The highest BCUT2D eigenvalue weighted by Gasteiger charge is 2.35. The van der Waals surface area contributed by atoms with Gasteiger partial charge < -0.3 is 14.6 Å². The van der Waals surface area contributed by atoms with E-state index in [0.717, 1.165) is 0 Å². The Morgan fingerprint density at radius 2 is 2.31 bits per heavy atom. The first-order chi connectivity index (χ1) is 6.16. The van der Waals surface area contributed by atoms with Crippen LogP contribution in [0.15, 0.2) is 23.8 Å². The minimum absolute atomic E-state index is 0.373. The topological polar surface area (TPSA) is 55.8 Å². The number of allylic oxidation sites excluding steroid dienone is 2. The fourth-order valence-corrected chi connectivity index (χ4v) is 1.20. The van der Waals surface area contributed by atoms with E-state index in [0.29, 0.717) is 11.9 Å². The third-order valence-corrected chi connectivity index (χ3v) is 1.96. The predicted molar refractivity (Wildman–Crippen MR) is 46.0 cm³/mol. The summed E-state index contributed by atoms with van der Waals surface area (Å²) in [7, 11) is 2.81. The second-order valence-corrected chi connectivity index (χ2v) is 2.73. The first kappa shape index (κ1) is 10.1. The molecule has 0 spiro atoms. The number of rotatable bonds is 3. The van der Waals surface area contributed by atoms with Gasteiger partial charge in [0.15, 0.2) is 0 Å². The lowest BCUT2D eigenvalue weighted by Gasteiger charge is -2.31. The molecule has 0 bridgehead atoms. The smallest absolute Gasteiger partial charge is 0.216 e. The fourth-order valence-electron chi connectivity index (χ4n) is 1.20. The number of hydrogen-bond donors (Lipinski definition) is 1. The maximum atomic E-state index is 10.4. The number of aliphatic hydroxyl groups is 1. The van der Waals surface area contributed by atoms with Crippen LogP contribution in [0.4, 0.5) is 0 Å². The Morgan fingerprint density at radius 1 is 1.62 bits per heavy atom. The van der Waals surface area contributed by atoms with Gasteiger partial charge in [-0.2, -0.15) is 0 Å². The van der Waals surface area contributed by atoms with Gasteiger partial charge in [0.1, 0.15) is 12.4 Å². The van der Waals surface area contributed by atoms with Crippen LogP contribution in [0.1, 0.15) is 0 Å². The molecule has 1 rings (SSSR count). The second kappa shape index (κ2) is 3.83. The van der Waals surface area contributed by atoms with Gasteiger partial charge in [0, 0.05) is 19.8 Å². The van der Waals surface area contributed by atoms with Gasteiger partial charge in [-0.3, -0.25) is 4.79 Å². The van der Waals surface area contributed by atoms with Gasteiger partial charge in [0.05, 0.1) is 0 Å². The molecular formula is C9H12O4. The number of carbonyl (C=O) groups excluding carboxylic acids is 1. The molecule has 0 amide bonds. The summed E-state index contributed by atoms with van der Waals surface area (Å²) in [4.78, 5) is 10.4. The summed E-state index contributed by atoms with van der Waals surface area (Å²) in [5.74, 6) is -1.54. The van der Waals surface area contributed by atoms with Gasteiger partial charge in [-0.15, -0.1) is 0 Å². The molecule has 4 heteroatoms. The number of carbonyl (C=O) groups is 1. The summed E-state index contributed by atoms with van der Waals surface area (Å²) in [6, 6.07) is 0. The van der Waals surface area contributed by atoms with E-state index in [2.05, 4.69) is 0 Å². The van der Waals surface area contributed by atoms with E-state index < -0.39 is 11.9 Å². The average molecular weight is 184 g/mol.